The Hall–Kier alpha value is -2.50. The molecule has 5 atom stereocenters. The number of nitrogens with one attached hydrogen (secondary N) is 1. The van der Waals surface area contributed by atoms with Crippen molar-refractivity contribution in [3.05, 3.63) is 65.2 Å². The number of carbonyl (C=O) groups excluding carboxylic acids is 3. The van der Waals surface area contributed by atoms with E-state index in [4.69, 9.17) is 11.6 Å². The van der Waals surface area contributed by atoms with Gasteiger partial charge >= 0.3 is 0 Å². The number of benzene rings is 2. The number of imide groups is 1. The number of para-hydroxylation sites is 1. The summed E-state index contributed by atoms with van der Waals surface area (Å²) >= 11 is 5.96. The van der Waals surface area contributed by atoms with Crippen molar-refractivity contribution < 1.29 is 19.3 Å². The zero-order valence-electron chi connectivity index (χ0n) is 15.2. The topological polar surface area (TPSA) is 58.9 Å². The molecule has 0 saturated carbocycles. The quantitative estimate of drug-likeness (QED) is 0.636. The van der Waals surface area contributed by atoms with Gasteiger partial charge in [-0.3, -0.25) is 14.4 Å². The fraction of sp³-hybridized carbons (Fsp3) is 0.318. The summed E-state index contributed by atoms with van der Waals surface area (Å²) in [5, 5.41) is 0.564. The molecule has 3 fully saturated rings. The molecule has 6 heteroatoms. The highest BCUT2D eigenvalue weighted by Gasteiger charge is 2.68. The lowest BCUT2D eigenvalue weighted by molar-refractivity contribution is -0.915. The van der Waals surface area contributed by atoms with Crippen molar-refractivity contribution in [1.29, 1.82) is 0 Å². The molecule has 2 aromatic rings. The second kappa shape index (κ2) is 6.54. The lowest BCUT2D eigenvalue weighted by atomic mass is 9.85. The van der Waals surface area contributed by atoms with Gasteiger partial charge in [-0.05, 0) is 36.4 Å². The summed E-state index contributed by atoms with van der Waals surface area (Å²) in [4.78, 5) is 42.4. The number of Topliss-reactive ketones (excluding diaryl/α,β-unsaturated/α-hetero) is 1. The highest BCUT2D eigenvalue weighted by Crippen LogP contribution is 2.40. The largest absolute Gasteiger partial charge is 0.322 e. The fourth-order valence-corrected chi connectivity index (χ4v) is 5.49. The fourth-order valence-electron chi connectivity index (χ4n) is 5.37. The van der Waals surface area contributed by atoms with Crippen molar-refractivity contribution in [3.8, 4) is 0 Å². The van der Waals surface area contributed by atoms with E-state index < -0.39 is 17.9 Å². The highest BCUT2D eigenvalue weighted by atomic mass is 35.5. The van der Waals surface area contributed by atoms with Gasteiger partial charge in [0.2, 0.25) is 17.6 Å². The average molecular weight is 396 g/mol. The number of rotatable bonds is 3. The molecule has 5 nitrogen and oxygen atoms in total. The summed E-state index contributed by atoms with van der Waals surface area (Å²) in [6, 6.07) is 15.3. The third-order valence-electron chi connectivity index (χ3n) is 6.47. The van der Waals surface area contributed by atoms with Crippen molar-refractivity contribution in [2.75, 3.05) is 11.4 Å². The van der Waals surface area contributed by atoms with Crippen molar-refractivity contribution in [2.45, 2.75) is 24.9 Å². The lowest BCUT2D eigenvalue weighted by Gasteiger charge is -2.25. The van der Waals surface area contributed by atoms with Crippen molar-refractivity contribution >= 4 is 34.9 Å². The molecule has 0 spiro atoms. The molecular weight excluding hydrogens is 376 g/mol. The highest BCUT2D eigenvalue weighted by molar-refractivity contribution is 6.30. The Kier molecular flexibility index (Phi) is 4.11. The minimum absolute atomic E-state index is 0.0383. The number of hydrogen-bond donors (Lipinski definition) is 1. The lowest BCUT2D eigenvalue weighted by Crippen LogP contribution is -3.16. The van der Waals surface area contributed by atoms with Gasteiger partial charge in [0.25, 0.3) is 0 Å². The normalized spacial score (nSPS) is 31.2. The third kappa shape index (κ3) is 2.46. The molecule has 3 saturated heterocycles. The van der Waals surface area contributed by atoms with Crippen LogP contribution in [-0.4, -0.2) is 36.2 Å². The Morgan fingerprint density at radius 2 is 1.64 bits per heavy atom. The predicted octanol–water partition coefficient (Wildman–Crippen LogP) is 1.76. The Balaban J connectivity index is 1.55. The van der Waals surface area contributed by atoms with Gasteiger partial charge in [0.1, 0.15) is 17.9 Å². The van der Waals surface area contributed by atoms with Crippen LogP contribution in [0.3, 0.4) is 0 Å². The zero-order chi connectivity index (χ0) is 19.4. The first-order valence-electron chi connectivity index (χ1n) is 9.66. The predicted molar refractivity (Wildman–Crippen MR) is 104 cm³/mol. The van der Waals surface area contributed by atoms with Crippen LogP contribution in [0, 0.1) is 11.8 Å². The molecule has 5 rings (SSSR count). The van der Waals surface area contributed by atoms with Crippen LogP contribution in [0.15, 0.2) is 54.6 Å². The molecule has 2 amide bonds. The van der Waals surface area contributed by atoms with Crippen LogP contribution in [0.5, 0.6) is 0 Å². The average Bonchev–Trinajstić information content (AvgIpc) is 3.35. The summed E-state index contributed by atoms with van der Waals surface area (Å²) in [5.74, 6) is -1.46. The van der Waals surface area contributed by atoms with Crippen molar-refractivity contribution in [1.82, 2.24) is 0 Å². The van der Waals surface area contributed by atoms with Crippen LogP contribution in [0.25, 0.3) is 0 Å². The van der Waals surface area contributed by atoms with E-state index in [1.54, 1.807) is 36.4 Å². The summed E-state index contributed by atoms with van der Waals surface area (Å²) in [7, 11) is 0. The van der Waals surface area contributed by atoms with Gasteiger partial charge in [0, 0.05) is 23.4 Å². The van der Waals surface area contributed by atoms with E-state index in [0.717, 1.165) is 24.3 Å². The molecule has 28 heavy (non-hydrogen) atoms. The molecule has 1 unspecified atom stereocenters. The summed E-state index contributed by atoms with van der Waals surface area (Å²) in [6.07, 6.45) is 1.85. The number of nitrogens with zero attached hydrogens (tertiary/aromatic N) is 1. The number of halogens is 1. The second-order valence-corrected chi connectivity index (χ2v) is 8.26. The van der Waals surface area contributed by atoms with Gasteiger partial charge in [-0.2, -0.15) is 0 Å². The maximum absolute atomic E-state index is 13.4. The minimum Gasteiger partial charge on any atom is -0.322 e. The van der Waals surface area contributed by atoms with Crippen LogP contribution in [0.1, 0.15) is 23.2 Å². The third-order valence-corrected chi connectivity index (χ3v) is 6.72. The Labute approximate surface area is 167 Å². The van der Waals surface area contributed by atoms with Crippen molar-refractivity contribution in [3.63, 3.8) is 0 Å². The van der Waals surface area contributed by atoms with E-state index in [1.165, 1.54) is 4.90 Å². The van der Waals surface area contributed by atoms with E-state index in [0.29, 0.717) is 16.3 Å². The monoisotopic (exact) mass is 395 g/mol. The first-order valence-corrected chi connectivity index (χ1v) is 10.0. The summed E-state index contributed by atoms with van der Waals surface area (Å²) in [6.45, 7) is 0.827. The van der Waals surface area contributed by atoms with E-state index in [2.05, 4.69) is 0 Å². The standard InChI is InChI=1S/C22H19ClN2O3/c23-14-10-8-13(9-11-14)20(26)19-18-17(16-7-4-12-24(16)19)21(27)25(22(18)28)15-5-2-1-3-6-15/h1-3,5-6,8-11,16-19H,4,7,12H2/p+1/t16-,17-,18-,19-/m1/s1. The number of fused-ring (bicyclic) bond motifs is 3. The number of amides is 2. The minimum atomic E-state index is -0.587. The van der Waals surface area contributed by atoms with Gasteiger partial charge in [-0.25, -0.2) is 4.90 Å². The summed E-state index contributed by atoms with van der Waals surface area (Å²) in [5.41, 5.74) is 1.13. The maximum Gasteiger partial charge on any atom is 0.244 e. The first-order chi connectivity index (χ1) is 13.6. The van der Waals surface area contributed by atoms with Crippen LogP contribution < -0.4 is 9.80 Å². The number of hydrogen-bond acceptors (Lipinski definition) is 3. The van der Waals surface area contributed by atoms with Gasteiger partial charge in [0.15, 0.2) is 6.04 Å². The van der Waals surface area contributed by atoms with Crippen LogP contribution >= 0.6 is 11.6 Å². The number of anilines is 1. The number of carbonyl (C=O) groups is 3. The molecule has 0 bridgehead atoms. The molecule has 142 valence electrons. The number of ketones is 1. The summed E-state index contributed by atoms with van der Waals surface area (Å²) < 4.78 is 0. The van der Waals surface area contributed by atoms with Gasteiger partial charge in [-0.1, -0.05) is 29.8 Å². The smallest absolute Gasteiger partial charge is 0.244 e. The molecule has 2 aromatic carbocycles. The van der Waals surface area contributed by atoms with E-state index in [-0.39, 0.29) is 23.6 Å². The van der Waals surface area contributed by atoms with E-state index in [1.807, 2.05) is 18.2 Å². The van der Waals surface area contributed by atoms with E-state index in [9.17, 15) is 14.4 Å². The van der Waals surface area contributed by atoms with Gasteiger partial charge in [0.05, 0.1) is 12.2 Å². The van der Waals surface area contributed by atoms with Crippen LogP contribution in [0.4, 0.5) is 5.69 Å². The molecule has 0 radical (unpaired) electrons. The molecule has 3 aliphatic heterocycles. The first kappa shape index (κ1) is 17.6. The Morgan fingerprint density at radius 1 is 0.964 bits per heavy atom. The maximum atomic E-state index is 13.4. The molecular formula is C22H20ClN2O3+. The van der Waals surface area contributed by atoms with Crippen molar-refractivity contribution in [2.24, 2.45) is 11.8 Å². The van der Waals surface area contributed by atoms with Crippen LogP contribution in [0.2, 0.25) is 5.02 Å². The van der Waals surface area contributed by atoms with Crippen LogP contribution in [-0.2, 0) is 9.59 Å². The van der Waals surface area contributed by atoms with Gasteiger partial charge < -0.3 is 4.90 Å². The molecule has 0 aliphatic carbocycles. The SMILES string of the molecule is O=C(c1ccc(Cl)cc1)[C@H]1[C@@H]2C(=O)N(c3ccccc3)C(=O)[C@@H]2[C@H]2CCC[NH+]21. The van der Waals surface area contributed by atoms with E-state index >= 15 is 0 Å². The number of quaternary nitrogens is 1. The molecule has 3 aliphatic rings. The molecule has 0 aromatic heterocycles. The second-order valence-electron chi connectivity index (χ2n) is 7.82. The molecule has 1 N–H and O–H groups in total. The Bertz CT molecular complexity index is 960. The zero-order valence-corrected chi connectivity index (χ0v) is 15.9. The molecule has 3 heterocycles. The Morgan fingerprint density at radius 3 is 2.36 bits per heavy atom. The van der Waals surface area contributed by atoms with Gasteiger partial charge in [-0.15, -0.1) is 0 Å².